The molecule has 0 radical (unpaired) electrons. The van der Waals surface area contributed by atoms with E-state index < -0.39 is 18.2 Å². The Bertz CT molecular complexity index is 388. The van der Waals surface area contributed by atoms with Crippen LogP contribution < -0.4 is 5.56 Å². The Morgan fingerprint density at radius 3 is 2.73 bits per heavy atom. The molecule has 0 aromatic carbocycles. The molecular formula is C8H8ClF3N2O. The van der Waals surface area contributed by atoms with Gasteiger partial charge < -0.3 is 4.57 Å². The largest absolute Gasteiger partial charge is 0.389 e. The maximum absolute atomic E-state index is 11.8. The molecule has 15 heavy (non-hydrogen) atoms. The highest BCUT2D eigenvalue weighted by Gasteiger charge is 2.26. The topological polar surface area (TPSA) is 34.9 Å². The van der Waals surface area contributed by atoms with Crippen molar-refractivity contribution in [2.75, 3.05) is 0 Å². The number of alkyl halides is 3. The molecule has 0 amide bonds. The number of aryl methyl sites for hydroxylation is 1. The Morgan fingerprint density at radius 1 is 1.47 bits per heavy atom. The van der Waals surface area contributed by atoms with E-state index in [1.807, 2.05) is 0 Å². The predicted octanol–water partition coefficient (Wildman–Crippen LogP) is 2.24. The van der Waals surface area contributed by atoms with E-state index in [9.17, 15) is 18.0 Å². The van der Waals surface area contributed by atoms with Crippen LogP contribution in [0.15, 0.2) is 17.2 Å². The fourth-order valence-electron chi connectivity index (χ4n) is 1.05. The summed E-state index contributed by atoms with van der Waals surface area (Å²) < 4.78 is 36.5. The third kappa shape index (κ3) is 3.91. The average molecular weight is 241 g/mol. The molecule has 1 heterocycles. The number of hydrogen-bond acceptors (Lipinski definition) is 2. The van der Waals surface area contributed by atoms with Crippen molar-refractivity contribution < 1.29 is 13.2 Å². The van der Waals surface area contributed by atoms with Gasteiger partial charge in [0.2, 0.25) is 0 Å². The number of hydrogen-bond donors (Lipinski definition) is 0. The van der Waals surface area contributed by atoms with Crippen molar-refractivity contribution in [1.29, 1.82) is 0 Å². The summed E-state index contributed by atoms with van der Waals surface area (Å²) in [6.07, 6.45) is -2.68. The van der Waals surface area contributed by atoms with Crippen LogP contribution in [0, 0.1) is 0 Å². The van der Waals surface area contributed by atoms with Gasteiger partial charge in [0.15, 0.2) is 5.15 Å². The number of rotatable bonds is 3. The maximum Gasteiger partial charge on any atom is 0.389 e. The summed E-state index contributed by atoms with van der Waals surface area (Å²) in [5.74, 6) is 0. The summed E-state index contributed by atoms with van der Waals surface area (Å²) in [7, 11) is 0. The first-order valence-electron chi connectivity index (χ1n) is 4.18. The van der Waals surface area contributed by atoms with Gasteiger partial charge in [-0.2, -0.15) is 13.2 Å². The van der Waals surface area contributed by atoms with Gasteiger partial charge in [0.05, 0.1) is 0 Å². The molecule has 1 aromatic heterocycles. The lowest BCUT2D eigenvalue weighted by Crippen LogP contribution is -2.21. The van der Waals surface area contributed by atoms with Crippen LogP contribution in [0.2, 0.25) is 5.15 Å². The molecule has 0 aliphatic carbocycles. The molecule has 0 aliphatic rings. The smallest absolute Gasteiger partial charge is 0.311 e. The predicted molar refractivity (Wildman–Crippen MR) is 48.8 cm³/mol. The summed E-state index contributed by atoms with van der Waals surface area (Å²) in [5.41, 5.74) is -0.568. The molecule has 0 bridgehead atoms. The van der Waals surface area contributed by atoms with E-state index in [2.05, 4.69) is 4.98 Å². The second-order valence-electron chi connectivity index (χ2n) is 2.94. The summed E-state index contributed by atoms with van der Waals surface area (Å²) >= 11 is 5.42. The van der Waals surface area contributed by atoms with Crippen molar-refractivity contribution in [1.82, 2.24) is 9.55 Å². The van der Waals surface area contributed by atoms with Gasteiger partial charge in [-0.05, 0) is 6.42 Å². The fraction of sp³-hybridized carbons (Fsp3) is 0.500. The molecule has 0 spiro atoms. The molecule has 0 saturated carbocycles. The average Bonchev–Trinajstić information content (AvgIpc) is 2.10. The molecule has 0 unspecified atom stereocenters. The third-order valence-electron chi connectivity index (χ3n) is 1.73. The van der Waals surface area contributed by atoms with E-state index in [1.54, 1.807) is 0 Å². The fourth-order valence-corrected chi connectivity index (χ4v) is 1.21. The minimum Gasteiger partial charge on any atom is -0.311 e. The Labute approximate surface area is 88.5 Å². The Balaban J connectivity index is 2.59. The van der Waals surface area contributed by atoms with Crippen molar-refractivity contribution in [2.24, 2.45) is 0 Å². The van der Waals surface area contributed by atoms with E-state index in [4.69, 9.17) is 11.6 Å². The lowest BCUT2D eigenvalue weighted by atomic mass is 10.3. The minimum absolute atomic E-state index is 0.0133. The summed E-state index contributed by atoms with van der Waals surface area (Å²) in [6.45, 7) is -0.0133. The highest BCUT2D eigenvalue weighted by Crippen LogP contribution is 2.21. The van der Waals surface area contributed by atoms with Crippen LogP contribution in [0.5, 0.6) is 0 Å². The van der Waals surface area contributed by atoms with Crippen LogP contribution in [-0.2, 0) is 6.54 Å². The lowest BCUT2D eigenvalue weighted by molar-refractivity contribution is -0.135. The molecule has 0 fully saturated rings. The number of aromatic nitrogens is 2. The van der Waals surface area contributed by atoms with Gasteiger partial charge >= 0.3 is 6.18 Å². The first-order chi connectivity index (χ1) is 6.90. The van der Waals surface area contributed by atoms with Gasteiger partial charge in [0.1, 0.15) is 0 Å². The van der Waals surface area contributed by atoms with Gasteiger partial charge in [-0.25, -0.2) is 4.98 Å². The van der Waals surface area contributed by atoms with Crippen LogP contribution in [0.1, 0.15) is 12.8 Å². The van der Waals surface area contributed by atoms with Crippen molar-refractivity contribution in [3.63, 3.8) is 0 Å². The van der Waals surface area contributed by atoms with Gasteiger partial charge in [0, 0.05) is 25.4 Å². The molecule has 3 nitrogen and oxygen atoms in total. The SMILES string of the molecule is O=c1c(Cl)nccn1CCCC(F)(F)F. The van der Waals surface area contributed by atoms with Crippen LogP contribution in [0.4, 0.5) is 13.2 Å². The van der Waals surface area contributed by atoms with Crippen LogP contribution in [0.3, 0.4) is 0 Å². The highest BCUT2D eigenvalue weighted by molar-refractivity contribution is 6.29. The molecule has 0 aliphatic heterocycles. The van der Waals surface area contributed by atoms with E-state index >= 15 is 0 Å². The number of halogens is 4. The first kappa shape index (κ1) is 12.0. The van der Waals surface area contributed by atoms with Crippen molar-refractivity contribution >= 4 is 11.6 Å². The Morgan fingerprint density at radius 2 is 2.13 bits per heavy atom. The summed E-state index contributed by atoms with van der Waals surface area (Å²) in [5, 5.41) is -0.232. The van der Waals surface area contributed by atoms with Gasteiger partial charge in [-0.15, -0.1) is 0 Å². The maximum atomic E-state index is 11.8. The van der Waals surface area contributed by atoms with E-state index in [1.165, 1.54) is 12.4 Å². The normalized spacial score (nSPS) is 11.7. The zero-order chi connectivity index (χ0) is 11.5. The molecule has 84 valence electrons. The second-order valence-corrected chi connectivity index (χ2v) is 3.29. The van der Waals surface area contributed by atoms with Crippen LogP contribution >= 0.6 is 11.6 Å². The molecule has 0 saturated heterocycles. The van der Waals surface area contributed by atoms with Crippen molar-refractivity contribution in [3.8, 4) is 0 Å². The Hall–Kier alpha value is -1.04. The lowest BCUT2D eigenvalue weighted by Gasteiger charge is -2.07. The standard InChI is InChI=1S/C8H8ClF3N2O/c9-6-7(15)14(5-3-13-6)4-1-2-8(10,11)12/h3,5H,1-2,4H2. The zero-order valence-corrected chi connectivity index (χ0v) is 8.35. The van der Waals surface area contributed by atoms with Crippen molar-refractivity contribution in [2.45, 2.75) is 25.6 Å². The van der Waals surface area contributed by atoms with Crippen LogP contribution in [-0.4, -0.2) is 15.7 Å². The second kappa shape index (κ2) is 4.65. The molecule has 1 rings (SSSR count). The molecule has 7 heteroatoms. The van der Waals surface area contributed by atoms with Crippen molar-refractivity contribution in [3.05, 3.63) is 27.9 Å². The van der Waals surface area contributed by atoms with Crippen LogP contribution in [0.25, 0.3) is 0 Å². The third-order valence-corrected chi connectivity index (χ3v) is 1.99. The quantitative estimate of drug-likeness (QED) is 0.812. The minimum atomic E-state index is -4.19. The number of nitrogens with zero attached hydrogens (tertiary/aromatic N) is 2. The molecule has 0 atom stereocenters. The molecule has 0 N–H and O–H groups in total. The summed E-state index contributed by atoms with van der Waals surface area (Å²) in [6, 6.07) is 0. The molecule has 1 aromatic rings. The van der Waals surface area contributed by atoms with E-state index in [-0.39, 0.29) is 18.1 Å². The summed E-state index contributed by atoms with van der Waals surface area (Å²) in [4.78, 5) is 14.7. The van der Waals surface area contributed by atoms with Gasteiger partial charge in [-0.3, -0.25) is 4.79 Å². The first-order valence-corrected chi connectivity index (χ1v) is 4.55. The van der Waals surface area contributed by atoms with Gasteiger partial charge in [0.25, 0.3) is 5.56 Å². The molecular weight excluding hydrogens is 233 g/mol. The van der Waals surface area contributed by atoms with E-state index in [0.717, 1.165) is 4.57 Å². The highest BCUT2D eigenvalue weighted by atomic mass is 35.5. The monoisotopic (exact) mass is 240 g/mol. The van der Waals surface area contributed by atoms with E-state index in [0.29, 0.717) is 0 Å². The zero-order valence-electron chi connectivity index (χ0n) is 7.59. The van der Waals surface area contributed by atoms with Gasteiger partial charge in [-0.1, -0.05) is 11.6 Å². The Kier molecular flexibility index (Phi) is 3.73.